The van der Waals surface area contributed by atoms with E-state index in [1.54, 1.807) is 12.1 Å². The molecular formula is C41H54O4S2. The summed E-state index contributed by atoms with van der Waals surface area (Å²) in [4.78, 5) is 3.79. The minimum Gasteiger partial charge on any atom is -0.744 e. The van der Waals surface area contributed by atoms with Crippen LogP contribution in [-0.2, 0) is 31.8 Å². The number of phenols is 1. The summed E-state index contributed by atoms with van der Waals surface area (Å²) < 4.78 is 34.8. The number of aromatic hydroxyl groups is 1. The van der Waals surface area contributed by atoms with E-state index in [1.165, 1.54) is 25.8 Å². The molecule has 0 amide bonds. The van der Waals surface area contributed by atoms with Crippen molar-refractivity contribution in [1.29, 1.82) is 0 Å². The second-order valence-corrected chi connectivity index (χ2v) is 18.6. The highest BCUT2D eigenvalue weighted by atomic mass is 32.2. The van der Waals surface area contributed by atoms with Gasteiger partial charge in [0.25, 0.3) is 0 Å². The van der Waals surface area contributed by atoms with Crippen LogP contribution in [0.5, 0.6) is 5.75 Å². The Hall–Kier alpha value is -3.06. The monoisotopic (exact) mass is 674 g/mol. The maximum Gasteiger partial charge on any atom is 0.166 e. The average Bonchev–Trinajstić information content (AvgIpc) is 2.97. The molecular weight excluding hydrogens is 621 g/mol. The van der Waals surface area contributed by atoms with Crippen molar-refractivity contribution >= 4 is 21.0 Å². The first-order valence-electron chi connectivity index (χ1n) is 16.5. The Labute approximate surface area is 287 Å². The fourth-order valence-corrected chi connectivity index (χ4v) is 8.56. The molecule has 6 heteroatoms. The lowest BCUT2D eigenvalue weighted by Gasteiger charge is -2.24. The highest BCUT2D eigenvalue weighted by Crippen LogP contribution is 2.36. The minimum atomic E-state index is -4.45. The zero-order valence-electron chi connectivity index (χ0n) is 30.3. The van der Waals surface area contributed by atoms with Gasteiger partial charge in [-0.05, 0) is 105 Å². The SMILES string of the molecule is CC(C)(C)c1ccc([S+](c2ccc(O)cc2)c2ccc(C(C)(C)C)cc2)cc1.CC(C)c1cc(C(C)C)c(S(=O)(=O)[O-])c(C(C)C)c1. The van der Waals surface area contributed by atoms with Gasteiger partial charge in [-0.2, -0.15) is 0 Å². The Morgan fingerprint density at radius 2 is 0.894 bits per heavy atom. The van der Waals surface area contributed by atoms with Crippen LogP contribution >= 0.6 is 0 Å². The standard InChI is InChI=1S/C26H30OS.C15H24O3S/c1-25(2,3)19-7-13-22(14-8-19)28(24-17-11-21(27)12-18-24)23-15-9-20(10-16-23)26(4,5)6;1-9(2)12-7-13(10(3)4)15(19(16,17)18)14(8-12)11(5)6/h7-18H,1-6H3;7-11H,1-6H3,(H,16,17,18). The molecule has 0 aromatic heterocycles. The van der Waals surface area contributed by atoms with Gasteiger partial charge in [-0.25, -0.2) is 8.42 Å². The van der Waals surface area contributed by atoms with Crippen molar-refractivity contribution in [3.8, 4) is 5.75 Å². The van der Waals surface area contributed by atoms with Crippen LogP contribution in [0.15, 0.2) is 105 Å². The summed E-state index contributed by atoms with van der Waals surface area (Å²) in [6.45, 7) is 25.2. The Balaban J connectivity index is 0.000000277. The van der Waals surface area contributed by atoms with Gasteiger partial charge in [0.2, 0.25) is 0 Å². The lowest BCUT2D eigenvalue weighted by Crippen LogP contribution is -2.12. The molecule has 1 N–H and O–H groups in total. The zero-order chi connectivity index (χ0) is 35.5. The van der Waals surface area contributed by atoms with Gasteiger partial charge >= 0.3 is 0 Å². The predicted molar refractivity (Wildman–Crippen MR) is 197 cm³/mol. The topological polar surface area (TPSA) is 77.4 Å². The summed E-state index contributed by atoms with van der Waals surface area (Å²) in [6.07, 6.45) is 0. The summed E-state index contributed by atoms with van der Waals surface area (Å²) in [5.74, 6) is 0.627. The van der Waals surface area contributed by atoms with E-state index in [4.69, 9.17) is 0 Å². The van der Waals surface area contributed by atoms with Crippen LogP contribution in [0.25, 0.3) is 0 Å². The fourth-order valence-electron chi connectivity index (χ4n) is 5.35. The summed E-state index contributed by atoms with van der Waals surface area (Å²) in [5.41, 5.74) is 5.34. The third-order valence-electron chi connectivity index (χ3n) is 8.31. The molecule has 0 unspecified atom stereocenters. The van der Waals surface area contributed by atoms with Crippen molar-refractivity contribution in [2.24, 2.45) is 0 Å². The molecule has 0 aliphatic heterocycles. The zero-order valence-corrected chi connectivity index (χ0v) is 31.9. The maximum absolute atomic E-state index is 11.6. The highest BCUT2D eigenvalue weighted by Gasteiger charge is 2.30. The van der Waals surface area contributed by atoms with E-state index < -0.39 is 10.1 Å². The number of benzene rings is 4. The Morgan fingerprint density at radius 3 is 1.15 bits per heavy atom. The normalized spacial score (nSPS) is 12.5. The van der Waals surface area contributed by atoms with Crippen molar-refractivity contribution < 1.29 is 18.1 Å². The van der Waals surface area contributed by atoms with Crippen LogP contribution in [0, 0.1) is 0 Å². The first kappa shape index (κ1) is 38.4. The van der Waals surface area contributed by atoms with Crippen LogP contribution in [0.4, 0.5) is 0 Å². The average molecular weight is 675 g/mol. The Kier molecular flexibility index (Phi) is 12.3. The highest BCUT2D eigenvalue weighted by molar-refractivity contribution is 7.97. The molecule has 0 saturated carbocycles. The maximum atomic E-state index is 11.6. The van der Waals surface area contributed by atoms with Gasteiger partial charge in [0.15, 0.2) is 14.7 Å². The molecule has 254 valence electrons. The molecule has 0 spiro atoms. The molecule has 47 heavy (non-hydrogen) atoms. The molecule has 4 aromatic carbocycles. The van der Waals surface area contributed by atoms with E-state index >= 15 is 0 Å². The first-order valence-corrected chi connectivity index (χ1v) is 19.1. The van der Waals surface area contributed by atoms with Crippen molar-refractivity contribution in [2.75, 3.05) is 0 Å². The van der Waals surface area contributed by atoms with E-state index in [1.807, 2.05) is 52.0 Å². The van der Waals surface area contributed by atoms with Crippen molar-refractivity contribution in [2.45, 2.75) is 131 Å². The lowest BCUT2D eigenvalue weighted by atomic mass is 9.87. The van der Waals surface area contributed by atoms with Crippen LogP contribution in [0.2, 0.25) is 0 Å². The third kappa shape index (κ3) is 9.98. The van der Waals surface area contributed by atoms with Crippen LogP contribution in [0.1, 0.15) is 129 Å². The van der Waals surface area contributed by atoms with Crippen LogP contribution < -0.4 is 0 Å². The second-order valence-electron chi connectivity index (χ2n) is 15.3. The van der Waals surface area contributed by atoms with Gasteiger partial charge in [0.05, 0.1) is 15.8 Å². The first-order chi connectivity index (χ1) is 21.6. The minimum absolute atomic E-state index is 0.00919. The molecule has 4 rings (SSSR count). The van der Waals surface area contributed by atoms with Gasteiger partial charge in [0, 0.05) is 0 Å². The van der Waals surface area contributed by atoms with Gasteiger partial charge in [0.1, 0.15) is 15.9 Å². The van der Waals surface area contributed by atoms with Gasteiger partial charge in [-0.15, -0.1) is 0 Å². The fraction of sp³-hybridized carbons (Fsp3) is 0.415. The molecule has 0 atom stereocenters. The molecule has 4 aromatic rings. The van der Waals surface area contributed by atoms with Gasteiger partial charge < -0.3 is 9.66 Å². The largest absolute Gasteiger partial charge is 0.744 e. The van der Waals surface area contributed by atoms with E-state index in [0.717, 1.165) is 5.56 Å². The molecule has 0 aliphatic rings. The quantitative estimate of drug-likeness (QED) is 0.156. The number of hydrogen-bond donors (Lipinski definition) is 1. The Morgan fingerprint density at radius 1 is 0.574 bits per heavy atom. The van der Waals surface area contributed by atoms with E-state index in [-0.39, 0.29) is 38.5 Å². The summed E-state index contributed by atoms with van der Waals surface area (Å²) >= 11 is 0. The molecule has 4 nitrogen and oxygen atoms in total. The molecule has 0 saturated heterocycles. The van der Waals surface area contributed by atoms with E-state index in [9.17, 15) is 18.1 Å². The Bertz CT molecular complexity index is 1630. The number of rotatable bonds is 7. The van der Waals surface area contributed by atoms with Gasteiger partial charge in [-0.3, -0.25) is 0 Å². The van der Waals surface area contributed by atoms with E-state index in [0.29, 0.717) is 22.8 Å². The van der Waals surface area contributed by atoms with Crippen molar-refractivity contribution in [3.05, 3.63) is 113 Å². The smallest absolute Gasteiger partial charge is 0.166 e. The van der Waals surface area contributed by atoms with E-state index in [2.05, 4.69) is 104 Å². The number of phenolic OH excluding ortho intramolecular Hbond substituents is 1. The van der Waals surface area contributed by atoms with Crippen molar-refractivity contribution in [1.82, 2.24) is 0 Å². The lowest BCUT2D eigenvalue weighted by molar-refractivity contribution is 0.459. The van der Waals surface area contributed by atoms with Crippen LogP contribution in [0.3, 0.4) is 0 Å². The summed E-state index contributed by atoms with van der Waals surface area (Å²) in [6, 6.07) is 29.4. The molecule has 0 aliphatic carbocycles. The summed E-state index contributed by atoms with van der Waals surface area (Å²) in [5, 5.41) is 9.73. The third-order valence-corrected chi connectivity index (χ3v) is 11.5. The molecule has 0 radical (unpaired) electrons. The molecule has 0 heterocycles. The molecule has 0 fully saturated rings. The molecule has 0 bridgehead atoms. The summed E-state index contributed by atoms with van der Waals surface area (Å²) in [7, 11) is -4.65. The van der Waals surface area contributed by atoms with Gasteiger partial charge in [-0.1, -0.05) is 119 Å². The predicted octanol–water partition coefficient (Wildman–Crippen LogP) is 11.0. The second kappa shape index (κ2) is 15.0. The van der Waals surface area contributed by atoms with Crippen molar-refractivity contribution in [3.63, 3.8) is 0 Å². The number of hydrogen-bond acceptors (Lipinski definition) is 4. The van der Waals surface area contributed by atoms with Crippen LogP contribution in [-0.4, -0.2) is 18.1 Å².